The third-order valence-corrected chi connectivity index (χ3v) is 6.98. The minimum Gasteiger partial charge on any atom is -0.352 e. The van der Waals surface area contributed by atoms with Crippen LogP contribution in [0.25, 0.3) is 16.9 Å². The maximum atomic E-state index is 15.2. The molecule has 2 aromatic heterocycles. The van der Waals surface area contributed by atoms with Crippen molar-refractivity contribution < 1.29 is 9.18 Å². The van der Waals surface area contributed by atoms with Gasteiger partial charge in [-0.15, -0.1) is 4.99 Å². The number of carbonyl (C=O) groups excluding carboxylic acids is 1. The number of aryl methyl sites for hydroxylation is 1. The second-order valence-corrected chi connectivity index (χ2v) is 9.78. The van der Waals surface area contributed by atoms with E-state index in [0.717, 1.165) is 50.8 Å². The van der Waals surface area contributed by atoms with Gasteiger partial charge in [0, 0.05) is 41.6 Å². The molecule has 3 aromatic rings. The highest BCUT2D eigenvalue weighted by Crippen LogP contribution is 2.27. The first kappa shape index (κ1) is 24.7. The SMILES string of the molecule is CCc1cc(C(=O)N2CCCCCC2C)nc2cc(-c3ccc(N/C(=N/C#N)NC4CC4)cc3F)nn12. The fraction of sp³-hybridized carbons (Fsp3) is 0.444. The largest absolute Gasteiger partial charge is 0.352 e. The lowest BCUT2D eigenvalue weighted by Crippen LogP contribution is -2.38. The Balaban J connectivity index is 1.43. The molecule has 9 nitrogen and oxygen atoms in total. The minimum atomic E-state index is -0.469. The smallest absolute Gasteiger partial charge is 0.272 e. The number of hydrogen-bond donors (Lipinski definition) is 2. The highest BCUT2D eigenvalue weighted by molar-refractivity contribution is 5.95. The van der Waals surface area contributed by atoms with Gasteiger partial charge in [0.15, 0.2) is 5.65 Å². The van der Waals surface area contributed by atoms with Gasteiger partial charge in [-0.05, 0) is 63.3 Å². The number of amides is 1. The number of carbonyl (C=O) groups is 1. The number of rotatable bonds is 5. The summed E-state index contributed by atoms with van der Waals surface area (Å²) >= 11 is 0. The number of likely N-dealkylation sites (tertiary alicyclic amines) is 1. The van der Waals surface area contributed by atoms with Gasteiger partial charge in [0.25, 0.3) is 5.91 Å². The zero-order valence-electron chi connectivity index (χ0n) is 21.2. The maximum Gasteiger partial charge on any atom is 0.272 e. The van der Waals surface area contributed by atoms with Crippen LogP contribution in [0.15, 0.2) is 35.3 Å². The molecule has 0 spiro atoms. The summed E-state index contributed by atoms with van der Waals surface area (Å²) in [6.07, 6.45) is 8.71. The van der Waals surface area contributed by atoms with Crippen molar-refractivity contribution >= 4 is 23.2 Å². The number of anilines is 1. The molecule has 2 N–H and O–H groups in total. The molecule has 2 fully saturated rings. The van der Waals surface area contributed by atoms with Gasteiger partial charge in [-0.3, -0.25) is 4.79 Å². The van der Waals surface area contributed by atoms with Crippen LogP contribution in [0.1, 0.15) is 68.6 Å². The summed E-state index contributed by atoms with van der Waals surface area (Å²) in [6, 6.07) is 8.69. The number of nitrogens with one attached hydrogen (secondary N) is 2. The molecule has 2 aliphatic rings. The topological polar surface area (TPSA) is 111 Å². The molecular weight excluding hydrogens is 471 g/mol. The summed E-state index contributed by atoms with van der Waals surface area (Å²) in [4.78, 5) is 23.7. The van der Waals surface area contributed by atoms with E-state index in [2.05, 4.69) is 32.6 Å². The number of fused-ring (bicyclic) bond motifs is 1. The van der Waals surface area contributed by atoms with E-state index in [1.807, 2.05) is 11.8 Å². The van der Waals surface area contributed by atoms with E-state index in [-0.39, 0.29) is 11.9 Å². The van der Waals surface area contributed by atoms with Crippen molar-refractivity contribution in [3.05, 3.63) is 47.5 Å². The Labute approximate surface area is 215 Å². The molecule has 0 radical (unpaired) electrons. The Bertz CT molecular complexity index is 1390. The highest BCUT2D eigenvalue weighted by atomic mass is 19.1. The molecular formula is C27H31FN8O. The number of aromatic nitrogens is 3. The van der Waals surface area contributed by atoms with Crippen LogP contribution >= 0.6 is 0 Å². The van der Waals surface area contributed by atoms with Crippen LogP contribution in [-0.4, -0.2) is 50.0 Å². The van der Waals surface area contributed by atoms with Crippen LogP contribution in [0.2, 0.25) is 0 Å². The van der Waals surface area contributed by atoms with Gasteiger partial charge < -0.3 is 15.5 Å². The van der Waals surface area contributed by atoms with E-state index < -0.39 is 5.82 Å². The molecule has 0 bridgehead atoms. The Hall–Kier alpha value is -4.00. The average Bonchev–Trinajstić information content (AvgIpc) is 3.64. The normalized spacial score (nSPS) is 18.4. The van der Waals surface area contributed by atoms with Crippen molar-refractivity contribution in [3.8, 4) is 17.5 Å². The van der Waals surface area contributed by atoms with Crippen LogP contribution in [0.4, 0.5) is 10.1 Å². The first-order chi connectivity index (χ1) is 18.0. The van der Waals surface area contributed by atoms with Gasteiger partial charge in [0.05, 0.1) is 5.69 Å². The van der Waals surface area contributed by atoms with Gasteiger partial charge in [0.2, 0.25) is 12.2 Å². The molecule has 10 heteroatoms. The van der Waals surface area contributed by atoms with Gasteiger partial charge >= 0.3 is 0 Å². The van der Waals surface area contributed by atoms with Gasteiger partial charge in [-0.2, -0.15) is 10.4 Å². The lowest BCUT2D eigenvalue weighted by Gasteiger charge is -2.27. The Morgan fingerprint density at radius 2 is 2.05 bits per heavy atom. The van der Waals surface area contributed by atoms with Gasteiger partial charge in [-0.25, -0.2) is 13.9 Å². The Morgan fingerprint density at radius 1 is 1.22 bits per heavy atom. The van der Waals surface area contributed by atoms with Crippen molar-refractivity contribution in [2.45, 2.75) is 70.9 Å². The highest BCUT2D eigenvalue weighted by Gasteiger charge is 2.26. The summed E-state index contributed by atoms with van der Waals surface area (Å²) < 4.78 is 16.9. The van der Waals surface area contributed by atoms with Crippen molar-refractivity contribution in [2.24, 2.45) is 4.99 Å². The van der Waals surface area contributed by atoms with Crippen molar-refractivity contribution in [3.63, 3.8) is 0 Å². The Morgan fingerprint density at radius 3 is 2.78 bits per heavy atom. The van der Waals surface area contributed by atoms with Gasteiger partial charge in [-0.1, -0.05) is 19.8 Å². The van der Waals surface area contributed by atoms with Crippen LogP contribution in [0.5, 0.6) is 0 Å². The molecule has 1 saturated carbocycles. The van der Waals surface area contributed by atoms with Crippen LogP contribution < -0.4 is 10.6 Å². The average molecular weight is 503 g/mol. The number of guanidine groups is 1. The predicted molar refractivity (Wildman–Crippen MR) is 140 cm³/mol. The standard InChI is InChI=1S/C27H31FN8O/c1-3-20-14-24(26(37)35-12-6-4-5-7-17(35)2)33-25-15-23(34-36(20)25)21-11-10-19(13-22(21)28)32-27(30-16-29)31-18-8-9-18/h10-11,13-15,17-18H,3-9,12H2,1-2H3,(H2,30,31,32). The summed E-state index contributed by atoms with van der Waals surface area (Å²) in [7, 11) is 0. The summed E-state index contributed by atoms with van der Waals surface area (Å²) in [6.45, 7) is 4.83. The number of nitriles is 1. The van der Waals surface area contributed by atoms with Crippen molar-refractivity contribution in [2.75, 3.05) is 11.9 Å². The fourth-order valence-corrected chi connectivity index (χ4v) is 4.76. The quantitative estimate of drug-likeness (QED) is 0.302. The molecule has 1 aliphatic heterocycles. The third-order valence-electron chi connectivity index (χ3n) is 6.98. The molecule has 37 heavy (non-hydrogen) atoms. The monoisotopic (exact) mass is 502 g/mol. The van der Waals surface area contributed by atoms with E-state index >= 15 is 4.39 Å². The molecule has 5 rings (SSSR count). The Kier molecular flexibility index (Phi) is 7.04. The molecule has 1 saturated heterocycles. The van der Waals surface area contributed by atoms with Crippen LogP contribution in [-0.2, 0) is 6.42 Å². The van der Waals surface area contributed by atoms with Gasteiger partial charge in [0.1, 0.15) is 11.5 Å². The molecule has 1 aliphatic carbocycles. The molecule has 1 atom stereocenters. The van der Waals surface area contributed by atoms with E-state index in [1.165, 1.54) is 6.07 Å². The lowest BCUT2D eigenvalue weighted by molar-refractivity contribution is 0.0692. The fourth-order valence-electron chi connectivity index (χ4n) is 4.76. The van der Waals surface area contributed by atoms with E-state index in [0.29, 0.717) is 46.7 Å². The first-order valence-electron chi connectivity index (χ1n) is 13.0. The zero-order valence-corrected chi connectivity index (χ0v) is 21.2. The van der Waals surface area contributed by atoms with Crippen LogP contribution in [0, 0.1) is 17.3 Å². The maximum absolute atomic E-state index is 15.2. The first-order valence-corrected chi connectivity index (χ1v) is 13.0. The van der Waals surface area contributed by atoms with Crippen LogP contribution in [0.3, 0.4) is 0 Å². The minimum absolute atomic E-state index is 0.0643. The molecule has 3 heterocycles. The van der Waals surface area contributed by atoms with Crippen molar-refractivity contribution in [1.82, 2.24) is 24.8 Å². The second kappa shape index (κ2) is 10.5. The molecule has 192 valence electrons. The molecule has 1 unspecified atom stereocenters. The van der Waals surface area contributed by atoms with E-state index in [4.69, 9.17) is 5.26 Å². The lowest BCUT2D eigenvalue weighted by atomic mass is 10.1. The van der Waals surface area contributed by atoms with E-state index in [9.17, 15) is 4.79 Å². The predicted octanol–water partition coefficient (Wildman–Crippen LogP) is 4.50. The molecule has 1 amide bonds. The summed E-state index contributed by atoms with van der Waals surface area (Å²) in [5.74, 6) is -0.230. The second-order valence-electron chi connectivity index (χ2n) is 9.78. The van der Waals surface area contributed by atoms with E-state index in [1.54, 1.807) is 35.0 Å². The van der Waals surface area contributed by atoms with Crippen molar-refractivity contribution in [1.29, 1.82) is 5.26 Å². The third kappa shape index (κ3) is 5.40. The number of aliphatic imine (C=N–C) groups is 1. The molecule has 1 aromatic carbocycles. The number of nitrogens with zero attached hydrogens (tertiary/aromatic N) is 6. The summed E-state index contributed by atoms with van der Waals surface area (Å²) in [5.41, 5.74) is 2.97. The number of halogens is 1. The number of benzene rings is 1. The number of hydrogen-bond acceptors (Lipinski definition) is 5. The summed E-state index contributed by atoms with van der Waals surface area (Å²) in [5, 5.41) is 19.6. The zero-order chi connectivity index (χ0) is 25.9.